The summed E-state index contributed by atoms with van der Waals surface area (Å²) in [6.45, 7) is 6.16. The summed E-state index contributed by atoms with van der Waals surface area (Å²) in [6, 6.07) is 8.19. The number of H-pyrrole nitrogens is 1. The van der Waals surface area contributed by atoms with E-state index in [1.807, 2.05) is 19.1 Å². The first-order chi connectivity index (χ1) is 8.13. The first kappa shape index (κ1) is 11.6. The Morgan fingerprint density at radius 2 is 1.88 bits per heavy atom. The second-order valence-corrected chi connectivity index (χ2v) is 4.51. The number of rotatable bonds is 3. The van der Waals surface area contributed by atoms with Crippen molar-refractivity contribution in [2.45, 2.75) is 26.7 Å². The van der Waals surface area contributed by atoms with Crippen LogP contribution < -0.4 is 0 Å². The van der Waals surface area contributed by atoms with Crippen LogP contribution in [0, 0.1) is 6.92 Å². The van der Waals surface area contributed by atoms with Crippen LogP contribution in [0.15, 0.2) is 24.3 Å². The number of aromatic amines is 1. The molecular weight excluding hydrogens is 212 g/mol. The van der Waals surface area contributed by atoms with Crippen LogP contribution in [0.4, 0.5) is 0 Å². The standard InChI is InChI=1S/C14H16N2O/c1-9(2)11-4-6-12(7-5-11)14-13(8-17)10(3)15-16-14/h4-9H,1-3H3,(H,15,16). The summed E-state index contributed by atoms with van der Waals surface area (Å²) >= 11 is 0. The molecule has 1 aromatic heterocycles. The number of hydrogen-bond donors (Lipinski definition) is 1. The monoisotopic (exact) mass is 228 g/mol. The Labute approximate surface area is 101 Å². The maximum Gasteiger partial charge on any atom is 0.154 e. The molecule has 2 rings (SSSR count). The van der Waals surface area contributed by atoms with Gasteiger partial charge in [0.1, 0.15) is 5.69 Å². The molecule has 0 fully saturated rings. The Bertz CT molecular complexity index is 524. The second kappa shape index (κ2) is 4.53. The zero-order chi connectivity index (χ0) is 12.4. The van der Waals surface area contributed by atoms with Gasteiger partial charge in [0.2, 0.25) is 0 Å². The largest absolute Gasteiger partial charge is 0.298 e. The molecule has 3 nitrogen and oxygen atoms in total. The van der Waals surface area contributed by atoms with Gasteiger partial charge in [-0.25, -0.2) is 0 Å². The summed E-state index contributed by atoms with van der Waals surface area (Å²) in [6.07, 6.45) is 0.852. The van der Waals surface area contributed by atoms with Crippen molar-refractivity contribution in [3.05, 3.63) is 41.1 Å². The van der Waals surface area contributed by atoms with Gasteiger partial charge in [0.25, 0.3) is 0 Å². The summed E-state index contributed by atoms with van der Waals surface area (Å²) < 4.78 is 0. The molecule has 2 aromatic rings. The summed E-state index contributed by atoms with van der Waals surface area (Å²) in [5.74, 6) is 0.510. The number of nitrogens with zero attached hydrogens (tertiary/aromatic N) is 1. The minimum atomic E-state index is 0.510. The predicted molar refractivity (Wildman–Crippen MR) is 68.2 cm³/mol. The van der Waals surface area contributed by atoms with Gasteiger partial charge in [0.05, 0.1) is 5.56 Å². The third-order valence-electron chi connectivity index (χ3n) is 2.96. The Morgan fingerprint density at radius 1 is 1.24 bits per heavy atom. The first-order valence-corrected chi connectivity index (χ1v) is 5.74. The Morgan fingerprint density at radius 3 is 2.41 bits per heavy atom. The van der Waals surface area contributed by atoms with Gasteiger partial charge >= 0.3 is 0 Å². The normalized spacial score (nSPS) is 10.8. The van der Waals surface area contributed by atoms with Crippen LogP contribution in [0.5, 0.6) is 0 Å². The van der Waals surface area contributed by atoms with Gasteiger partial charge in [0.15, 0.2) is 6.29 Å². The van der Waals surface area contributed by atoms with E-state index in [-0.39, 0.29) is 0 Å². The van der Waals surface area contributed by atoms with Crippen molar-refractivity contribution in [2.75, 3.05) is 0 Å². The number of carbonyl (C=O) groups is 1. The van der Waals surface area contributed by atoms with E-state index in [2.05, 4.69) is 36.2 Å². The molecule has 0 unspecified atom stereocenters. The van der Waals surface area contributed by atoms with Gasteiger partial charge in [-0.05, 0) is 18.4 Å². The second-order valence-electron chi connectivity index (χ2n) is 4.51. The van der Waals surface area contributed by atoms with Crippen molar-refractivity contribution >= 4 is 6.29 Å². The average molecular weight is 228 g/mol. The van der Waals surface area contributed by atoms with Crippen molar-refractivity contribution in [3.63, 3.8) is 0 Å². The average Bonchev–Trinajstić information content (AvgIpc) is 2.70. The molecule has 3 heteroatoms. The molecule has 0 spiro atoms. The highest BCUT2D eigenvalue weighted by Crippen LogP contribution is 2.24. The molecule has 0 atom stereocenters. The molecule has 1 N–H and O–H groups in total. The SMILES string of the molecule is Cc1[nH]nc(-c2ccc(C(C)C)cc2)c1C=O. The lowest BCUT2D eigenvalue weighted by Gasteiger charge is -2.05. The molecule has 0 bridgehead atoms. The summed E-state index contributed by atoms with van der Waals surface area (Å²) in [5, 5.41) is 7.02. The minimum Gasteiger partial charge on any atom is -0.298 e. The van der Waals surface area contributed by atoms with Gasteiger partial charge in [-0.2, -0.15) is 5.10 Å². The molecule has 88 valence electrons. The smallest absolute Gasteiger partial charge is 0.154 e. The van der Waals surface area contributed by atoms with Crippen molar-refractivity contribution in [2.24, 2.45) is 0 Å². The molecular formula is C14H16N2O. The Hall–Kier alpha value is -1.90. The molecule has 0 radical (unpaired) electrons. The van der Waals surface area contributed by atoms with Gasteiger partial charge in [-0.1, -0.05) is 38.1 Å². The van der Waals surface area contributed by atoms with Crippen molar-refractivity contribution in [3.8, 4) is 11.3 Å². The first-order valence-electron chi connectivity index (χ1n) is 5.74. The van der Waals surface area contributed by atoms with E-state index in [0.717, 1.165) is 23.2 Å². The Balaban J connectivity index is 2.43. The summed E-state index contributed by atoms with van der Waals surface area (Å²) in [4.78, 5) is 11.0. The van der Waals surface area contributed by atoms with Crippen LogP contribution in [0.1, 0.15) is 41.4 Å². The Kier molecular flexibility index (Phi) is 3.09. The number of aromatic nitrogens is 2. The van der Waals surface area contributed by atoms with Gasteiger partial charge < -0.3 is 0 Å². The highest BCUT2D eigenvalue weighted by Gasteiger charge is 2.11. The highest BCUT2D eigenvalue weighted by molar-refractivity contribution is 5.87. The zero-order valence-corrected chi connectivity index (χ0v) is 10.3. The molecule has 0 aliphatic heterocycles. The van der Waals surface area contributed by atoms with Crippen LogP contribution in [-0.4, -0.2) is 16.5 Å². The molecule has 0 saturated heterocycles. The van der Waals surface area contributed by atoms with Crippen LogP contribution in [0.3, 0.4) is 0 Å². The van der Waals surface area contributed by atoms with Crippen molar-refractivity contribution in [1.82, 2.24) is 10.2 Å². The van der Waals surface area contributed by atoms with E-state index in [9.17, 15) is 4.79 Å². The third kappa shape index (κ3) is 2.13. The molecule has 0 amide bonds. The van der Waals surface area contributed by atoms with E-state index in [1.54, 1.807) is 0 Å². The van der Waals surface area contributed by atoms with E-state index >= 15 is 0 Å². The highest BCUT2D eigenvalue weighted by atomic mass is 16.1. The fraction of sp³-hybridized carbons (Fsp3) is 0.286. The van der Waals surface area contributed by atoms with E-state index < -0.39 is 0 Å². The lowest BCUT2D eigenvalue weighted by molar-refractivity contribution is 0.112. The number of benzene rings is 1. The predicted octanol–water partition coefficient (Wildman–Crippen LogP) is 3.32. The van der Waals surface area contributed by atoms with Gasteiger partial charge in [-0.3, -0.25) is 9.89 Å². The molecule has 0 saturated carbocycles. The maximum atomic E-state index is 11.0. The topological polar surface area (TPSA) is 45.8 Å². The van der Waals surface area contributed by atoms with Gasteiger partial charge in [0, 0.05) is 11.3 Å². The number of aryl methyl sites for hydroxylation is 1. The van der Waals surface area contributed by atoms with E-state index in [1.165, 1.54) is 5.56 Å². The quantitative estimate of drug-likeness (QED) is 0.819. The summed E-state index contributed by atoms with van der Waals surface area (Å²) in [5.41, 5.74) is 4.44. The number of nitrogens with one attached hydrogen (secondary N) is 1. The van der Waals surface area contributed by atoms with Crippen LogP contribution in [0.25, 0.3) is 11.3 Å². The number of hydrogen-bond acceptors (Lipinski definition) is 2. The zero-order valence-electron chi connectivity index (χ0n) is 10.3. The number of carbonyl (C=O) groups excluding carboxylic acids is 1. The fourth-order valence-electron chi connectivity index (χ4n) is 1.83. The third-order valence-corrected chi connectivity index (χ3v) is 2.96. The van der Waals surface area contributed by atoms with E-state index in [4.69, 9.17) is 0 Å². The summed E-state index contributed by atoms with van der Waals surface area (Å²) in [7, 11) is 0. The molecule has 1 aromatic carbocycles. The minimum absolute atomic E-state index is 0.510. The van der Waals surface area contributed by atoms with Crippen molar-refractivity contribution < 1.29 is 4.79 Å². The van der Waals surface area contributed by atoms with Gasteiger partial charge in [-0.15, -0.1) is 0 Å². The van der Waals surface area contributed by atoms with Crippen LogP contribution in [-0.2, 0) is 0 Å². The van der Waals surface area contributed by atoms with E-state index in [0.29, 0.717) is 11.5 Å². The molecule has 0 aliphatic rings. The van der Waals surface area contributed by atoms with Crippen LogP contribution in [0.2, 0.25) is 0 Å². The fourth-order valence-corrected chi connectivity index (χ4v) is 1.83. The maximum absolute atomic E-state index is 11.0. The van der Waals surface area contributed by atoms with Crippen LogP contribution >= 0.6 is 0 Å². The van der Waals surface area contributed by atoms with Crippen molar-refractivity contribution in [1.29, 1.82) is 0 Å². The molecule has 17 heavy (non-hydrogen) atoms. The lowest BCUT2D eigenvalue weighted by atomic mass is 9.99. The molecule has 1 heterocycles. The lowest BCUT2D eigenvalue weighted by Crippen LogP contribution is -1.89. The number of aldehydes is 1. The molecule has 0 aliphatic carbocycles.